The molecule has 0 aromatic heterocycles. The van der Waals surface area contributed by atoms with Gasteiger partial charge in [0.25, 0.3) is 0 Å². The Kier molecular flexibility index (Phi) is 2.43. The monoisotopic (exact) mass is 210 g/mol. The van der Waals surface area contributed by atoms with E-state index in [0.29, 0.717) is 11.8 Å². The van der Waals surface area contributed by atoms with Crippen LogP contribution in [0.3, 0.4) is 0 Å². The molecule has 3 rings (SSSR count). The van der Waals surface area contributed by atoms with Crippen molar-refractivity contribution in [3.63, 3.8) is 0 Å². The van der Waals surface area contributed by atoms with E-state index in [-0.39, 0.29) is 0 Å². The third-order valence-electron chi connectivity index (χ3n) is 3.93. The Balaban J connectivity index is 2.09. The van der Waals surface area contributed by atoms with Crippen molar-refractivity contribution in [2.75, 3.05) is 0 Å². The zero-order chi connectivity index (χ0) is 11.0. The second kappa shape index (κ2) is 3.93. The summed E-state index contributed by atoms with van der Waals surface area (Å²) in [7, 11) is 0. The highest BCUT2D eigenvalue weighted by atomic mass is 14.4. The van der Waals surface area contributed by atoms with Gasteiger partial charge in [0, 0.05) is 11.8 Å². The molecular formula is C16H18. The number of allylic oxidation sites excluding steroid dienone is 4. The van der Waals surface area contributed by atoms with Gasteiger partial charge in [-0.1, -0.05) is 61.4 Å². The van der Waals surface area contributed by atoms with Crippen LogP contribution in [0.1, 0.15) is 49.1 Å². The van der Waals surface area contributed by atoms with Gasteiger partial charge >= 0.3 is 0 Å². The fourth-order valence-corrected chi connectivity index (χ4v) is 3.25. The minimum atomic E-state index is 0.678. The lowest BCUT2D eigenvalue weighted by Gasteiger charge is -2.18. The molecular weight excluding hydrogens is 192 g/mol. The molecule has 1 aromatic rings. The van der Waals surface area contributed by atoms with Crippen molar-refractivity contribution in [1.82, 2.24) is 0 Å². The van der Waals surface area contributed by atoms with Crippen LogP contribution in [0.4, 0.5) is 0 Å². The third kappa shape index (κ3) is 1.36. The van der Waals surface area contributed by atoms with Gasteiger partial charge in [0.2, 0.25) is 0 Å². The number of hydrogen-bond donors (Lipinski definition) is 0. The number of benzene rings is 1. The standard InChI is InChI=1S/C16H18/c1-2-7-12-13-8-3-5-10-15(13)16-11-6-4-9-14(12)16/h3-6,8-10,12,16H,2,7,11H2,1H3. The van der Waals surface area contributed by atoms with Crippen LogP contribution < -0.4 is 0 Å². The summed E-state index contributed by atoms with van der Waals surface area (Å²) in [4.78, 5) is 0. The summed E-state index contributed by atoms with van der Waals surface area (Å²) in [5.41, 5.74) is 4.83. The second-order valence-corrected chi connectivity index (χ2v) is 4.85. The van der Waals surface area contributed by atoms with E-state index in [1.807, 2.05) is 0 Å². The first-order chi connectivity index (χ1) is 7.92. The lowest BCUT2D eigenvalue weighted by atomic mass is 9.86. The first-order valence-electron chi connectivity index (χ1n) is 6.37. The van der Waals surface area contributed by atoms with E-state index in [2.05, 4.69) is 49.4 Å². The minimum absolute atomic E-state index is 0.678. The Bertz CT molecular complexity index is 451. The molecule has 0 heteroatoms. The van der Waals surface area contributed by atoms with Crippen LogP contribution in [-0.2, 0) is 0 Å². The summed E-state index contributed by atoms with van der Waals surface area (Å²) in [6.45, 7) is 2.29. The summed E-state index contributed by atoms with van der Waals surface area (Å²) >= 11 is 0. The predicted molar refractivity (Wildman–Crippen MR) is 68.7 cm³/mol. The fourth-order valence-electron chi connectivity index (χ4n) is 3.25. The van der Waals surface area contributed by atoms with Crippen molar-refractivity contribution < 1.29 is 0 Å². The van der Waals surface area contributed by atoms with Gasteiger partial charge in [-0.3, -0.25) is 0 Å². The smallest absolute Gasteiger partial charge is 0.00949 e. The van der Waals surface area contributed by atoms with E-state index in [9.17, 15) is 0 Å². The number of fused-ring (bicyclic) bond motifs is 3. The molecule has 0 heterocycles. The molecule has 0 nitrogen and oxygen atoms in total. The van der Waals surface area contributed by atoms with Crippen LogP contribution in [0, 0.1) is 0 Å². The molecule has 2 aliphatic carbocycles. The maximum absolute atomic E-state index is 2.36. The molecule has 0 bridgehead atoms. The van der Waals surface area contributed by atoms with Crippen molar-refractivity contribution in [3.05, 3.63) is 59.2 Å². The molecule has 0 aliphatic heterocycles. The molecule has 16 heavy (non-hydrogen) atoms. The minimum Gasteiger partial charge on any atom is -0.0836 e. The van der Waals surface area contributed by atoms with Gasteiger partial charge < -0.3 is 0 Å². The molecule has 2 unspecified atom stereocenters. The van der Waals surface area contributed by atoms with Gasteiger partial charge in [0.05, 0.1) is 0 Å². The molecule has 0 spiro atoms. The second-order valence-electron chi connectivity index (χ2n) is 4.85. The molecule has 0 fully saturated rings. The van der Waals surface area contributed by atoms with Crippen LogP contribution in [-0.4, -0.2) is 0 Å². The number of hydrogen-bond acceptors (Lipinski definition) is 0. The summed E-state index contributed by atoms with van der Waals surface area (Å²) in [6, 6.07) is 9.02. The molecule has 1 aromatic carbocycles. The Labute approximate surface area is 97.7 Å². The summed E-state index contributed by atoms with van der Waals surface area (Å²) in [6.07, 6.45) is 10.7. The molecule has 2 aliphatic rings. The van der Waals surface area contributed by atoms with E-state index in [4.69, 9.17) is 0 Å². The average Bonchev–Trinajstić information content (AvgIpc) is 2.66. The maximum Gasteiger partial charge on any atom is 0.00949 e. The Hall–Kier alpha value is -1.30. The van der Waals surface area contributed by atoms with Crippen molar-refractivity contribution in [2.45, 2.75) is 38.0 Å². The van der Waals surface area contributed by atoms with Crippen LogP contribution in [0.15, 0.2) is 48.1 Å². The van der Waals surface area contributed by atoms with Crippen molar-refractivity contribution in [3.8, 4) is 0 Å². The zero-order valence-electron chi connectivity index (χ0n) is 9.82. The quantitative estimate of drug-likeness (QED) is 0.671. The Morgan fingerprint density at radius 2 is 2.00 bits per heavy atom. The first-order valence-corrected chi connectivity index (χ1v) is 6.37. The topological polar surface area (TPSA) is 0 Å². The highest BCUT2D eigenvalue weighted by Crippen LogP contribution is 2.50. The van der Waals surface area contributed by atoms with Crippen molar-refractivity contribution in [1.29, 1.82) is 0 Å². The van der Waals surface area contributed by atoms with Crippen molar-refractivity contribution >= 4 is 0 Å². The predicted octanol–water partition coefficient (Wildman–Crippen LogP) is 4.55. The van der Waals surface area contributed by atoms with Crippen molar-refractivity contribution in [2.24, 2.45) is 0 Å². The lowest BCUT2D eigenvalue weighted by Crippen LogP contribution is -2.01. The average molecular weight is 210 g/mol. The lowest BCUT2D eigenvalue weighted by molar-refractivity contribution is 0.671. The SMILES string of the molecule is CCCC1C2=CC=CCC2c2ccccc21. The fraction of sp³-hybridized carbons (Fsp3) is 0.375. The van der Waals surface area contributed by atoms with Crippen LogP contribution >= 0.6 is 0 Å². The van der Waals surface area contributed by atoms with Crippen LogP contribution in [0.25, 0.3) is 0 Å². The van der Waals surface area contributed by atoms with Crippen LogP contribution in [0.2, 0.25) is 0 Å². The number of rotatable bonds is 2. The normalized spacial score (nSPS) is 26.2. The molecule has 0 saturated heterocycles. The van der Waals surface area contributed by atoms with Gasteiger partial charge in [-0.2, -0.15) is 0 Å². The summed E-state index contributed by atoms with van der Waals surface area (Å²) in [5.74, 6) is 1.37. The van der Waals surface area contributed by atoms with Gasteiger partial charge in [0.15, 0.2) is 0 Å². The van der Waals surface area contributed by atoms with Gasteiger partial charge in [-0.15, -0.1) is 0 Å². The highest BCUT2D eigenvalue weighted by molar-refractivity contribution is 5.52. The molecule has 0 saturated carbocycles. The molecule has 2 atom stereocenters. The Morgan fingerprint density at radius 3 is 2.81 bits per heavy atom. The third-order valence-corrected chi connectivity index (χ3v) is 3.93. The first kappa shape index (κ1) is 9.89. The van der Waals surface area contributed by atoms with Gasteiger partial charge in [0.1, 0.15) is 0 Å². The summed E-state index contributed by atoms with van der Waals surface area (Å²) < 4.78 is 0. The van der Waals surface area contributed by atoms with E-state index in [0.717, 1.165) is 0 Å². The van der Waals surface area contributed by atoms with E-state index >= 15 is 0 Å². The van der Waals surface area contributed by atoms with Gasteiger partial charge in [-0.25, -0.2) is 0 Å². The largest absolute Gasteiger partial charge is 0.0836 e. The van der Waals surface area contributed by atoms with E-state index in [1.54, 1.807) is 16.7 Å². The molecule has 82 valence electrons. The molecule has 0 radical (unpaired) electrons. The molecule has 0 N–H and O–H groups in total. The molecule has 0 amide bonds. The zero-order valence-corrected chi connectivity index (χ0v) is 9.82. The summed E-state index contributed by atoms with van der Waals surface area (Å²) in [5, 5.41) is 0. The van der Waals surface area contributed by atoms with E-state index < -0.39 is 0 Å². The Morgan fingerprint density at radius 1 is 1.19 bits per heavy atom. The van der Waals surface area contributed by atoms with Crippen LogP contribution in [0.5, 0.6) is 0 Å². The van der Waals surface area contributed by atoms with Gasteiger partial charge in [-0.05, 0) is 24.0 Å². The highest BCUT2D eigenvalue weighted by Gasteiger charge is 2.34. The maximum atomic E-state index is 2.36. The van der Waals surface area contributed by atoms with E-state index in [1.165, 1.54) is 19.3 Å².